The lowest BCUT2D eigenvalue weighted by molar-refractivity contribution is 0.619. The summed E-state index contributed by atoms with van der Waals surface area (Å²) in [5.41, 5.74) is 15.3. The third-order valence-electron chi connectivity index (χ3n) is 11.6. The molecule has 0 saturated heterocycles. The lowest BCUT2D eigenvalue weighted by Crippen LogP contribution is -2.10. The second-order valence-corrected chi connectivity index (χ2v) is 15.1. The van der Waals surface area contributed by atoms with E-state index in [1.54, 1.807) is 0 Å². The normalized spacial score (nSPS) is 11.7. The summed E-state index contributed by atoms with van der Waals surface area (Å²) in [6.45, 7) is 0. The zero-order valence-corrected chi connectivity index (χ0v) is 32.4. The van der Waals surface area contributed by atoms with E-state index in [9.17, 15) is 0 Å². The van der Waals surface area contributed by atoms with Crippen LogP contribution in [0.1, 0.15) is 0 Å². The van der Waals surface area contributed by atoms with Crippen LogP contribution in [-0.2, 0) is 0 Å². The van der Waals surface area contributed by atoms with Crippen LogP contribution < -0.4 is 4.90 Å². The summed E-state index contributed by atoms with van der Waals surface area (Å²) in [6.07, 6.45) is 0. The van der Waals surface area contributed by atoms with Gasteiger partial charge >= 0.3 is 0 Å². The van der Waals surface area contributed by atoms with E-state index in [1.165, 1.54) is 21.9 Å². The number of rotatable bonds is 7. The van der Waals surface area contributed by atoms with Crippen molar-refractivity contribution in [1.82, 2.24) is 9.55 Å². The Balaban J connectivity index is 0.993. The third-order valence-corrected chi connectivity index (χ3v) is 11.6. The van der Waals surface area contributed by atoms with Crippen LogP contribution in [0.5, 0.6) is 0 Å². The number of hydrogen-bond acceptors (Lipinski definition) is 4. The standard InChI is InChI=1S/C55H35N3O2/c1-4-14-36(15-5-1)39-18-12-21-43(34-39)57(47-24-13-25-48-52(47)44-22-10-11-23-46(44)58(48)41-19-8-3-9-20-41)42-29-26-37(27-30-42)40-28-31-45-51(35-40)59-49-32-33-50-54(53(45)49)56-55(60-50)38-16-6-2-7-17-38/h1-35H. The van der Waals surface area contributed by atoms with Gasteiger partial charge in [-0.1, -0.05) is 121 Å². The lowest BCUT2D eigenvalue weighted by Gasteiger charge is -2.27. The first kappa shape index (κ1) is 33.9. The average Bonchev–Trinajstić information content (AvgIpc) is 4.02. The molecule has 0 aliphatic carbocycles. The van der Waals surface area contributed by atoms with Gasteiger partial charge < -0.3 is 18.3 Å². The molecular weight excluding hydrogens is 735 g/mol. The van der Waals surface area contributed by atoms with Crippen LogP contribution in [-0.4, -0.2) is 9.55 Å². The Labute approximate surface area is 345 Å². The first-order valence-corrected chi connectivity index (χ1v) is 20.2. The number of aromatic nitrogens is 2. The van der Waals surface area contributed by atoms with Gasteiger partial charge in [0.05, 0.1) is 22.1 Å². The van der Waals surface area contributed by atoms with Gasteiger partial charge in [-0.05, 0) is 113 Å². The fourth-order valence-electron chi connectivity index (χ4n) is 8.86. The van der Waals surface area contributed by atoms with E-state index in [0.29, 0.717) is 5.89 Å². The predicted octanol–water partition coefficient (Wildman–Crippen LogP) is 15.3. The molecule has 0 saturated carbocycles. The molecule has 0 fully saturated rings. The molecule has 0 bridgehead atoms. The van der Waals surface area contributed by atoms with Crippen LogP contribution in [0.3, 0.4) is 0 Å². The summed E-state index contributed by atoms with van der Waals surface area (Å²) in [5.74, 6) is 0.600. The van der Waals surface area contributed by atoms with Gasteiger partial charge in [0.1, 0.15) is 16.7 Å². The van der Waals surface area contributed by atoms with Gasteiger partial charge in [-0.3, -0.25) is 0 Å². The first-order valence-electron chi connectivity index (χ1n) is 20.2. The van der Waals surface area contributed by atoms with Crippen molar-refractivity contribution in [2.45, 2.75) is 0 Å². The minimum atomic E-state index is 0.600. The second kappa shape index (κ2) is 13.8. The van der Waals surface area contributed by atoms with Gasteiger partial charge in [0.15, 0.2) is 5.58 Å². The van der Waals surface area contributed by atoms with Gasteiger partial charge in [-0.15, -0.1) is 0 Å². The van der Waals surface area contributed by atoms with Crippen molar-refractivity contribution < 1.29 is 8.83 Å². The number of fused-ring (bicyclic) bond motifs is 8. The van der Waals surface area contributed by atoms with Crippen molar-refractivity contribution in [2.24, 2.45) is 0 Å². The first-order chi connectivity index (χ1) is 29.7. The molecule has 0 aliphatic heterocycles. The Bertz CT molecular complexity index is 3530. The molecule has 0 spiro atoms. The topological polar surface area (TPSA) is 47.3 Å². The molecule has 0 unspecified atom stereocenters. The Kier molecular flexibility index (Phi) is 7.78. The molecule has 282 valence electrons. The summed E-state index contributed by atoms with van der Waals surface area (Å²) in [7, 11) is 0. The SMILES string of the molecule is c1ccc(-c2cccc(N(c3ccc(-c4ccc5c(c4)oc4ccc6oc(-c7ccccc7)nc6c45)cc3)c3cccc4c3c3ccccc3n4-c3ccccc3)c2)cc1. The average molecular weight is 770 g/mol. The summed E-state index contributed by atoms with van der Waals surface area (Å²) in [4.78, 5) is 7.33. The molecule has 0 N–H and O–H groups in total. The monoisotopic (exact) mass is 769 g/mol. The number of oxazole rings is 1. The van der Waals surface area contributed by atoms with E-state index < -0.39 is 0 Å². The van der Waals surface area contributed by atoms with E-state index in [-0.39, 0.29) is 0 Å². The van der Waals surface area contributed by atoms with Crippen LogP contribution in [0.15, 0.2) is 221 Å². The van der Waals surface area contributed by atoms with Crippen molar-refractivity contribution >= 4 is 71.9 Å². The molecule has 0 aliphatic rings. The van der Waals surface area contributed by atoms with E-state index >= 15 is 0 Å². The molecule has 12 rings (SSSR count). The van der Waals surface area contributed by atoms with Crippen molar-refractivity contribution in [1.29, 1.82) is 0 Å². The summed E-state index contributed by atoms with van der Waals surface area (Å²) in [6, 6.07) is 74.7. The molecule has 9 aromatic carbocycles. The highest BCUT2D eigenvalue weighted by Crippen LogP contribution is 2.45. The van der Waals surface area contributed by atoms with Crippen LogP contribution in [0.4, 0.5) is 17.1 Å². The van der Waals surface area contributed by atoms with Gasteiger partial charge in [0, 0.05) is 38.8 Å². The van der Waals surface area contributed by atoms with Crippen LogP contribution in [0.2, 0.25) is 0 Å². The van der Waals surface area contributed by atoms with Crippen molar-refractivity contribution in [2.75, 3.05) is 4.90 Å². The highest BCUT2D eigenvalue weighted by molar-refractivity contribution is 6.18. The Morgan fingerprint density at radius 1 is 0.383 bits per heavy atom. The molecule has 3 heterocycles. The van der Waals surface area contributed by atoms with Crippen molar-refractivity contribution in [3.8, 4) is 39.4 Å². The highest BCUT2D eigenvalue weighted by atomic mass is 16.4. The second-order valence-electron chi connectivity index (χ2n) is 15.1. The maximum absolute atomic E-state index is 6.48. The van der Waals surface area contributed by atoms with Crippen LogP contribution >= 0.6 is 0 Å². The predicted molar refractivity (Wildman–Crippen MR) is 247 cm³/mol. The molecule has 60 heavy (non-hydrogen) atoms. The molecule has 0 amide bonds. The van der Waals surface area contributed by atoms with Crippen LogP contribution in [0, 0.1) is 0 Å². The van der Waals surface area contributed by atoms with E-state index in [2.05, 4.69) is 179 Å². The Morgan fingerprint density at radius 2 is 1.02 bits per heavy atom. The van der Waals surface area contributed by atoms with Gasteiger partial charge in [-0.25, -0.2) is 4.98 Å². The quantitative estimate of drug-likeness (QED) is 0.162. The number of benzene rings is 9. The zero-order chi connectivity index (χ0) is 39.6. The van der Waals surface area contributed by atoms with Crippen molar-refractivity contribution in [3.63, 3.8) is 0 Å². The minimum absolute atomic E-state index is 0.600. The van der Waals surface area contributed by atoms with E-state index in [1.807, 2.05) is 42.5 Å². The maximum Gasteiger partial charge on any atom is 0.227 e. The summed E-state index contributed by atoms with van der Waals surface area (Å²) >= 11 is 0. The van der Waals surface area contributed by atoms with Gasteiger partial charge in [0.25, 0.3) is 0 Å². The molecule has 0 atom stereocenters. The zero-order valence-electron chi connectivity index (χ0n) is 32.4. The van der Waals surface area contributed by atoms with E-state index in [0.717, 1.165) is 83.6 Å². The van der Waals surface area contributed by atoms with Crippen LogP contribution in [0.25, 0.3) is 94.2 Å². The third kappa shape index (κ3) is 5.52. The highest BCUT2D eigenvalue weighted by Gasteiger charge is 2.22. The summed E-state index contributed by atoms with van der Waals surface area (Å²) < 4.78 is 15.1. The molecule has 12 aromatic rings. The number of hydrogen-bond donors (Lipinski definition) is 0. The number of para-hydroxylation sites is 2. The Hall–Kier alpha value is -8.15. The molecule has 5 nitrogen and oxygen atoms in total. The van der Waals surface area contributed by atoms with Gasteiger partial charge in [0.2, 0.25) is 5.89 Å². The minimum Gasteiger partial charge on any atom is -0.456 e. The Morgan fingerprint density at radius 3 is 1.83 bits per heavy atom. The fourth-order valence-corrected chi connectivity index (χ4v) is 8.86. The number of anilines is 3. The maximum atomic E-state index is 6.48. The smallest absolute Gasteiger partial charge is 0.227 e. The van der Waals surface area contributed by atoms with Crippen molar-refractivity contribution in [3.05, 3.63) is 212 Å². The molecule has 0 radical (unpaired) electrons. The van der Waals surface area contributed by atoms with Gasteiger partial charge in [-0.2, -0.15) is 0 Å². The molecule has 3 aromatic heterocycles. The molecular formula is C55H35N3O2. The summed E-state index contributed by atoms with van der Waals surface area (Å²) in [5, 5.41) is 4.37. The molecule has 5 heteroatoms. The lowest BCUT2D eigenvalue weighted by atomic mass is 10.0. The van der Waals surface area contributed by atoms with E-state index in [4.69, 9.17) is 13.8 Å². The number of nitrogens with zero attached hydrogens (tertiary/aromatic N) is 3. The largest absolute Gasteiger partial charge is 0.456 e. The number of furan rings is 1. The fraction of sp³-hybridized carbons (Fsp3) is 0.